The molecule has 0 aliphatic carbocycles. The van der Waals surface area contributed by atoms with Gasteiger partial charge >= 0.3 is 0 Å². The first-order valence-corrected chi connectivity index (χ1v) is 6.16. The van der Waals surface area contributed by atoms with Crippen LogP contribution >= 0.6 is 11.3 Å². The van der Waals surface area contributed by atoms with Gasteiger partial charge in [0.15, 0.2) is 0 Å². The summed E-state index contributed by atoms with van der Waals surface area (Å²) >= 11 is 1.49. The average Bonchev–Trinajstić information content (AvgIpc) is 2.84. The van der Waals surface area contributed by atoms with E-state index in [0.29, 0.717) is 0 Å². The minimum Gasteiger partial charge on any atom is -0.288 e. The van der Waals surface area contributed by atoms with Crippen LogP contribution in [0.4, 0.5) is 0 Å². The van der Waals surface area contributed by atoms with Crippen molar-refractivity contribution in [2.24, 2.45) is 0 Å². The molecular formula is C13H12N2O2S. The molecule has 0 atom stereocenters. The van der Waals surface area contributed by atoms with Gasteiger partial charge in [0.1, 0.15) is 5.01 Å². The topological polar surface area (TPSA) is 62.2 Å². The van der Waals surface area contributed by atoms with Crippen LogP contribution in [0, 0.1) is 6.92 Å². The molecule has 1 aromatic heterocycles. The molecule has 2 N–H and O–H groups in total. The van der Waals surface area contributed by atoms with E-state index in [1.54, 1.807) is 12.3 Å². The maximum Gasteiger partial charge on any atom is 0.267 e. The Morgan fingerprint density at radius 3 is 3.06 bits per heavy atom. The molecule has 0 spiro atoms. The van der Waals surface area contributed by atoms with Crippen LogP contribution < -0.4 is 5.48 Å². The van der Waals surface area contributed by atoms with Crippen LogP contribution in [0.5, 0.6) is 0 Å². The Kier molecular flexibility index (Phi) is 3.86. The Morgan fingerprint density at radius 1 is 1.50 bits per heavy atom. The number of carbonyl (C=O) groups excluding carboxylic acids is 1. The molecule has 0 bridgehead atoms. The Hall–Kier alpha value is -1.98. The van der Waals surface area contributed by atoms with Crippen LogP contribution in [0.3, 0.4) is 0 Å². The monoisotopic (exact) mass is 260 g/mol. The molecule has 0 aliphatic heterocycles. The summed E-state index contributed by atoms with van der Waals surface area (Å²) in [6.07, 6.45) is 4.57. The molecule has 4 nitrogen and oxygen atoms in total. The SMILES string of the molecule is Cc1cccc(-c2ncc(/C=C/C(=O)NO)s2)c1. The zero-order valence-electron chi connectivity index (χ0n) is 9.75. The molecule has 0 fully saturated rings. The van der Waals surface area contributed by atoms with E-state index in [1.165, 1.54) is 28.5 Å². The Labute approximate surface area is 109 Å². The number of nitrogens with zero attached hydrogens (tertiary/aromatic N) is 1. The fraction of sp³-hybridized carbons (Fsp3) is 0.0769. The second-order valence-corrected chi connectivity index (χ2v) is 4.81. The number of carbonyl (C=O) groups is 1. The number of hydrogen-bond acceptors (Lipinski definition) is 4. The lowest BCUT2D eigenvalue weighted by molar-refractivity contribution is -0.124. The summed E-state index contributed by atoms with van der Waals surface area (Å²) in [5, 5.41) is 9.27. The van der Waals surface area contributed by atoms with Crippen LogP contribution in [-0.4, -0.2) is 16.1 Å². The second kappa shape index (κ2) is 5.57. The lowest BCUT2D eigenvalue weighted by Gasteiger charge is -1.96. The molecule has 0 aliphatic rings. The van der Waals surface area contributed by atoms with E-state index in [1.807, 2.05) is 25.1 Å². The Bertz CT molecular complexity index is 590. The first-order chi connectivity index (χ1) is 8.69. The number of aryl methyl sites for hydroxylation is 1. The first kappa shape index (κ1) is 12.5. The van der Waals surface area contributed by atoms with Crippen molar-refractivity contribution in [2.75, 3.05) is 0 Å². The highest BCUT2D eigenvalue weighted by molar-refractivity contribution is 7.15. The van der Waals surface area contributed by atoms with Gasteiger partial charge < -0.3 is 0 Å². The highest BCUT2D eigenvalue weighted by Crippen LogP contribution is 2.26. The van der Waals surface area contributed by atoms with E-state index in [2.05, 4.69) is 11.1 Å². The summed E-state index contributed by atoms with van der Waals surface area (Å²) in [6.45, 7) is 2.03. The fourth-order valence-corrected chi connectivity index (χ4v) is 2.29. The van der Waals surface area contributed by atoms with E-state index in [0.717, 1.165) is 15.4 Å². The summed E-state index contributed by atoms with van der Waals surface area (Å²) in [6, 6.07) is 8.08. The van der Waals surface area contributed by atoms with Crippen LogP contribution in [0.15, 0.2) is 36.5 Å². The van der Waals surface area contributed by atoms with E-state index in [-0.39, 0.29) is 0 Å². The van der Waals surface area contributed by atoms with Crippen molar-refractivity contribution in [3.63, 3.8) is 0 Å². The lowest BCUT2D eigenvalue weighted by atomic mass is 10.1. The molecule has 5 heteroatoms. The molecule has 18 heavy (non-hydrogen) atoms. The van der Waals surface area contributed by atoms with E-state index >= 15 is 0 Å². The zero-order valence-corrected chi connectivity index (χ0v) is 10.6. The van der Waals surface area contributed by atoms with Gasteiger partial charge in [-0.05, 0) is 19.1 Å². The maximum atomic E-state index is 10.8. The summed E-state index contributed by atoms with van der Waals surface area (Å²) < 4.78 is 0. The number of hydroxylamine groups is 1. The third-order valence-corrected chi connectivity index (χ3v) is 3.31. The molecule has 1 aromatic carbocycles. The first-order valence-electron chi connectivity index (χ1n) is 5.34. The molecule has 1 amide bonds. The number of rotatable bonds is 3. The summed E-state index contributed by atoms with van der Waals surface area (Å²) in [5.41, 5.74) is 3.78. The summed E-state index contributed by atoms with van der Waals surface area (Å²) in [7, 11) is 0. The van der Waals surface area contributed by atoms with Crippen LogP contribution in [0.1, 0.15) is 10.4 Å². The number of nitrogens with one attached hydrogen (secondary N) is 1. The highest BCUT2D eigenvalue weighted by atomic mass is 32.1. The van der Waals surface area contributed by atoms with Crippen molar-refractivity contribution in [2.45, 2.75) is 6.92 Å². The quantitative estimate of drug-likeness (QED) is 0.506. The molecule has 92 valence electrons. The summed E-state index contributed by atoms with van der Waals surface area (Å²) in [5.74, 6) is -0.555. The number of amides is 1. The van der Waals surface area contributed by atoms with E-state index < -0.39 is 5.91 Å². The van der Waals surface area contributed by atoms with Crippen LogP contribution in [-0.2, 0) is 4.79 Å². The highest BCUT2D eigenvalue weighted by Gasteiger charge is 2.03. The van der Waals surface area contributed by atoms with Crippen LogP contribution in [0.2, 0.25) is 0 Å². The largest absolute Gasteiger partial charge is 0.288 e. The van der Waals surface area contributed by atoms with Gasteiger partial charge in [-0.25, -0.2) is 10.5 Å². The number of benzene rings is 1. The molecule has 0 saturated carbocycles. The minimum atomic E-state index is -0.555. The third-order valence-electron chi connectivity index (χ3n) is 2.30. The lowest BCUT2D eigenvalue weighted by Crippen LogP contribution is -2.14. The summed E-state index contributed by atoms with van der Waals surface area (Å²) in [4.78, 5) is 16.0. The number of hydrogen-bond donors (Lipinski definition) is 2. The Morgan fingerprint density at radius 2 is 2.33 bits per heavy atom. The maximum absolute atomic E-state index is 10.8. The molecule has 0 saturated heterocycles. The minimum absolute atomic E-state index is 0.555. The van der Waals surface area contributed by atoms with Gasteiger partial charge in [0, 0.05) is 22.7 Å². The number of thiazole rings is 1. The third kappa shape index (κ3) is 3.03. The normalized spacial score (nSPS) is 10.8. The van der Waals surface area contributed by atoms with Crippen molar-refractivity contribution < 1.29 is 10.0 Å². The van der Waals surface area contributed by atoms with Crippen molar-refractivity contribution in [3.05, 3.63) is 47.0 Å². The van der Waals surface area contributed by atoms with Crippen LogP contribution in [0.25, 0.3) is 16.6 Å². The molecule has 2 aromatic rings. The predicted octanol–water partition coefficient (Wildman–Crippen LogP) is 2.64. The number of aromatic nitrogens is 1. The molecule has 0 unspecified atom stereocenters. The van der Waals surface area contributed by atoms with Gasteiger partial charge in [0.25, 0.3) is 5.91 Å². The van der Waals surface area contributed by atoms with Gasteiger partial charge in [0.2, 0.25) is 0 Å². The van der Waals surface area contributed by atoms with Crippen molar-refractivity contribution in [1.29, 1.82) is 0 Å². The average molecular weight is 260 g/mol. The fourth-order valence-electron chi connectivity index (χ4n) is 1.47. The predicted molar refractivity (Wildman–Crippen MR) is 71.3 cm³/mol. The Balaban J connectivity index is 2.20. The van der Waals surface area contributed by atoms with Crippen molar-refractivity contribution in [1.82, 2.24) is 10.5 Å². The van der Waals surface area contributed by atoms with Gasteiger partial charge in [-0.15, -0.1) is 11.3 Å². The smallest absolute Gasteiger partial charge is 0.267 e. The van der Waals surface area contributed by atoms with E-state index in [9.17, 15) is 4.79 Å². The van der Waals surface area contributed by atoms with Crippen molar-refractivity contribution >= 4 is 23.3 Å². The molecule has 1 heterocycles. The van der Waals surface area contributed by atoms with Gasteiger partial charge in [-0.1, -0.05) is 23.8 Å². The molecule has 0 radical (unpaired) electrons. The van der Waals surface area contributed by atoms with Gasteiger partial charge in [0.05, 0.1) is 0 Å². The molecule has 2 rings (SSSR count). The van der Waals surface area contributed by atoms with Crippen molar-refractivity contribution in [3.8, 4) is 10.6 Å². The van der Waals surface area contributed by atoms with E-state index in [4.69, 9.17) is 5.21 Å². The van der Waals surface area contributed by atoms with Gasteiger partial charge in [-0.3, -0.25) is 10.0 Å². The second-order valence-electron chi connectivity index (χ2n) is 3.75. The van der Waals surface area contributed by atoms with Gasteiger partial charge in [-0.2, -0.15) is 0 Å². The standard InChI is InChI=1S/C13H12N2O2S/c1-9-3-2-4-10(7-9)13-14-8-11(18-13)5-6-12(16)15-17/h2-8,17H,1H3,(H,15,16)/b6-5+. The molecular weight excluding hydrogens is 248 g/mol. The zero-order chi connectivity index (χ0) is 13.0.